The number of aromatic nitrogens is 4. The standard InChI is InChI=1S/C14H23N5O/c1-14(2,9-15)6-4-5-7-19-10-16-12-11(13(19)20)8-17-18(12)3/h8,10H,4-7,9,15H2,1-3H3. The number of nitrogens with zero attached hydrogens (tertiary/aromatic N) is 4. The molecular weight excluding hydrogens is 254 g/mol. The van der Waals surface area contributed by atoms with Gasteiger partial charge in [-0.05, 0) is 24.8 Å². The lowest BCUT2D eigenvalue weighted by molar-refractivity contribution is 0.328. The molecule has 0 aliphatic carbocycles. The summed E-state index contributed by atoms with van der Waals surface area (Å²) in [7, 11) is 1.79. The van der Waals surface area contributed by atoms with Gasteiger partial charge in [-0.25, -0.2) is 4.98 Å². The quantitative estimate of drug-likeness (QED) is 0.807. The Morgan fingerprint density at radius 2 is 2.10 bits per heavy atom. The lowest BCUT2D eigenvalue weighted by Crippen LogP contribution is -2.24. The van der Waals surface area contributed by atoms with Crippen molar-refractivity contribution in [3.05, 3.63) is 22.9 Å². The number of rotatable bonds is 6. The highest BCUT2D eigenvalue weighted by Crippen LogP contribution is 2.21. The molecule has 0 bridgehead atoms. The number of hydrogen-bond acceptors (Lipinski definition) is 4. The van der Waals surface area contributed by atoms with Crippen molar-refractivity contribution in [3.8, 4) is 0 Å². The molecule has 20 heavy (non-hydrogen) atoms. The zero-order valence-electron chi connectivity index (χ0n) is 12.5. The molecule has 0 aliphatic rings. The Morgan fingerprint density at radius 1 is 1.35 bits per heavy atom. The van der Waals surface area contributed by atoms with Crippen LogP contribution in [-0.2, 0) is 13.6 Å². The predicted molar refractivity (Wildman–Crippen MR) is 79.5 cm³/mol. The van der Waals surface area contributed by atoms with Gasteiger partial charge in [0.25, 0.3) is 5.56 Å². The first-order chi connectivity index (χ1) is 9.44. The molecule has 6 nitrogen and oxygen atoms in total. The average molecular weight is 277 g/mol. The minimum absolute atomic E-state index is 0.0128. The van der Waals surface area contributed by atoms with Gasteiger partial charge in [0, 0.05) is 13.6 Å². The molecule has 0 radical (unpaired) electrons. The lowest BCUT2D eigenvalue weighted by atomic mass is 9.87. The maximum Gasteiger partial charge on any atom is 0.264 e. The van der Waals surface area contributed by atoms with E-state index in [0.717, 1.165) is 19.3 Å². The van der Waals surface area contributed by atoms with Gasteiger partial charge >= 0.3 is 0 Å². The Morgan fingerprint density at radius 3 is 2.80 bits per heavy atom. The third kappa shape index (κ3) is 3.07. The third-order valence-corrected chi connectivity index (χ3v) is 3.77. The van der Waals surface area contributed by atoms with Gasteiger partial charge < -0.3 is 5.73 Å². The van der Waals surface area contributed by atoms with Crippen LogP contribution in [0.15, 0.2) is 17.3 Å². The van der Waals surface area contributed by atoms with Crippen LogP contribution >= 0.6 is 0 Å². The van der Waals surface area contributed by atoms with Crippen molar-refractivity contribution in [1.82, 2.24) is 19.3 Å². The Labute approximate surface area is 118 Å². The zero-order valence-corrected chi connectivity index (χ0v) is 12.5. The van der Waals surface area contributed by atoms with E-state index < -0.39 is 0 Å². The minimum atomic E-state index is -0.0128. The van der Waals surface area contributed by atoms with Crippen LogP contribution in [0.4, 0.5) is 0 Å². The van der Waals surface area contributed by atoms with Crippen LogP contribution in [-0.4, -0.2) is 25.9 Å². The van der Waals surface area contributed by atoms with E-state index in [9.17, 15) is 4.79 Å². The SMILES string of the molecule is Cn1ncc2c(=O)n(CCCCC(C)(C)CN)cnc21. The number of aryl methyl sites for hydroxylation is 2. The maximum absolute atomic E-state index is 12.2. The zero-order chi connectivity index (χ0) is 14.8. The van der Waals surface area contributed by atoms with Gasteiger partial charge in [0.05, 0.1) is 12.5 Å². The van der Waals surface area contributed by atoms with E-state index in [4.69, 9.17) is 5.73 Å². The molecule has 0 atom stereocenters. The average Bonchev–Trinajstić information content (AvgIpc) is 2.79. The van der Waals surface area contributed by atoms with Crippen LogP contribution in [0.25, 0.3) is 11.0 Å². The van der Waals surface area contributed by atoms with Gasteiger partial charge in [0.2, 0.25) is 0 Å². The lowest BCUT2D eigenvalue weighted by Gasteiger charge is -2.21. The van der Waals surface area contributed by atoms with Gasteiger partial charge in [-0.1, -0.05) is 20.3 Å². The van der Waals surface area contributed by atoms with Gasteiger partial charge in [0.1, 0.15) is 5.39 Å². The summed E-state index contributed by atoms with van der Waals surface area (Å²) in [6.45, 7) is 5.72. The first-order valence-corrected chi connectivity index (χ1v) is 7.02. The van der Waals surface area contributed by atoms with Crippen molar-refractivity contribution < 1.29 is 0 Å². The van der Waals surface area contributed by atoms with Crippen LogP contribution < -0.4 is 11.3 Å². The molecule has 0 fully saturated rings. The van der Waals surface area contributed by atoms with Crippen molar-refractivity contribution in [2.45, 2.75) is 39.7 Å². The molecule has 0 saturated carbocycles. The number of unbranched alkanes of at least 4 members (excludes halogenated alkanes) is 1. The molecule has 2 aromatic heterocycles. The fourth-order valence-electron chi connectivity index (χ4n) is 2.21. The van der Waals surface area contributed by atoms with Crippen LogP contribution in [0.3, 0.4) is 0 Å². The van der Waals surface area contributed by atoms with Crippen molar-refractivity contribution in [1.29, 1.82) is 0 Å². The summed E-state index contributed by atoms with van der Waals surface area (Å²) in [5.41, 5.74) is 6.51. The van der Waals surface area contributed by atoms with E-state index in [0.29, 0.717) is 24.1 Å². The molecule has 2 rings (SSSR count). The van der Waals surface area contributed by atoms with E-state index in [-0.39, 0.29) is 11.0 Å². The van der Waals surface area contributed by atoms with Gasteiger partial charge in [-0.3, -0.25) is 14.0 Å². The molecular formula is C14H23N5O. The molecule has 2 heterocycles. The number of nitrogens with two attached hydrogens (primary N) is 1. The van der Waals surface area contributed by atoms with E-state index in [1.807, 2.05) is 0 Å². The molecule has 6 heteroatoms. The Balaban J connectivity index is 2.01. The van der Waals surface area contributed by atoms with Crippen LogP contribution in [0.2, 0.25) is 0 Å². The maximum atomic E-state index is 12.2. The highest BCUT2D eigenvalue weighted by atomic mass is 16.1. The van der Waals surface area contributed by atoms with Crippen molar-refractivity contribution in [2.24, 2.45) is 18.2 Å². The predicted octanol–water partition coefficient (Wildman–Crippen LogP) is 1.29. The van der Waals surface area contributed by atoms with E-state index in [1.165, 1.54) is 0 Å². The second kappa shape index (κ2) is 5.75. The Kier molecular flexibility index (Phi) is 4.23. The summed E-state index contributed by atoms with van der Waals surface area (Å²) in [4.78, 5) is 16.5. The molecule has 110 valence electrons. The summed E-state index contributed by atoms with van der Waals surface area (Å²) in [5.74, 6) is 0. The molecule has 0 aliphatic heterocycles. The fourth-order valence-corrected chi connectivity index (χ4v) is 2.21. The summed E-state index contributed by atoms with van der Waals surface area (Å²) in [5, 5.41) is 4.65. The summed E-state index contributed by atoms with van der Waals surface area (Å²) in [6, 6.07) is 0. The van der Waals surface area contributed by atoms with Crippen molar-refractivity contribution in [2.75, 3.05) is 6.54 Å². The van der Waals surface area contributed by atoms with Gasteiger partial charge in [-0.2, -0.15) is 5.10 Å². The van der Waals surface area contributed by atoms with Crippen LogP contribution in [0.1, 0.15) is 33.1 Å². The largest absolute Gasteiger partial charge is 0.330 e. The molecule has 0 unspecified atom stereocenters. The second-order valence-electron chi connectivity index (χ2n) is 6.07. The first kappa shape index (κ1) is 14.7. The Bertz CT molecular complexity index is 641. The second-order valence-corrected chi connectivity index (χ2v) is 6.07. The minimum Gasteiger partial charge on any atom is -0.330 e. The molecule has 0 saturated heterocycles. The normalized spacial score (nSPS) is 12.2. The monoisotopic (exact) mass is 277 g/mol. The summed E-state index contributed by atoms with van der Waals surface area (Å²) in [6.07, 6.45) is 6.28. The van der Waals surface area contributed by atoms with Crippen molar-refractivity contribution >= 4 is 11.0 Å². The summed E-state index contributed by atoms with van der Waals surface area (Å²) < 4.78 is 3.28. The van der Waals surface area contributed by atoms with Crippen LogP contribution in [0, 0.1) is 5.41 Å². The van der Waals surface area contributed by atoms with Crippen LogP contribution in [0.5, 0.6) is 0 Å². The first-order valence-electron chi connectivity index (χ1n) is 7.02. The topological polar surface area (TPSA) is 78.7 Å². The molecule has 2 N–H and O–H groups in total. The molecule has 2 aromatic rings. The highest BCUT2D eigenvalue weighted by molar-refractivity contribution is 5.72. The molecule has 0 amide bonds. The number of fused-ring (bicyclic) bond motifs is 1. The van der Waals surface area contributed by atoms with Gasteiger partial charge in [0.15, 0.2) is 5.65 Å². The van der Waals surface area contributed by atoms with E-state index >= 15 is 0 Å². The van der Waals surface area contributed by atoms with Gasteiger partial charge in [-0.15, -0.1) is 0 Å². The fraction of sp³-hybridized carbons (Fsp3) is 0.643. The molecule has 0 aromatic carbocycles. The number of hydrogen-bond donors (Lipinski definition) is 1. The highest BCUT2D eigenvalue weighted by Gasteiger charge is 2.14. The summed E-state index contributed by atoms with van der Waals surface area (Å²) >= 11 is 0. The van der Waals surface area contributed by atoms with E-state index in [2.05, 4.69) is 23.9 Å². The van der Waals surface area contributed by atoms with E-state index in [1.54, 1.807) is 28.8 Å². The smallest absolute Gasteiger partial charge is 0.264 e. The third-order valence-electron chi connectivity index (χ3n) is 3.77. The van der Waals surface area contributed by atoms with Crippen molar-refractivity contribution in [3.63, 3.8) is 0 Å². The Hall–Kier alpha value is -1.69. The molecule has 0 spiro atoms.